The Morgan fingerprint density at radius 3 is 1.96 bits per heavy atom. The third-order valence-electron chi connectivity index (χ3n) is 4.80. The summed E-state index contributed by atoms with van der Waals surface area (Å²) in [5, 5.41) is 0. The number of hydrogen-bond acceptors (Lipinski definition) is 6. The molecule has 26 heavy (non-hydrogen) atoms. The second kappa shape index (κ2) is 8.87. The highest BCUT2D eigenvalue weighted by Crippen LogP contribution is 2.40. The Hall–Kier alpha value is -2.31. The van der Waals surface area contributed by atoms with Gasteiger partial charge < -0.3 is 14.2 Å². The third kappa shape index (κ3) is 4.26. The lowest BCUT2D eigenvalue weighted by molar-refractivity contribution is 0.121. The molecule has 1 aliphatic rings. The van der Waals surface area contributed by atoms with Crippen LogP contribution in [0.4, 0.5) is 0 Å². The van der Waals surface area contributed by atoms with Gasteiger partial charge in [0.2, 0.25) is 5.75 Å². The summed E-state index contributed by atoms with van der Waals surface area (Å²) in [6.07, 6.45) is 3.71. The predicted octanol–water partition coefficient (Wildman–Crippen LogP) is 2.43. The van der Waals surface area contributed by atoms with Gasteiger partial charge in [-0.15, -0.1) is 0 Å². The second-order valence-corrected chi connectivity index (χ2v) is 6.40. The highest BCUT2D eigenvalue weighted by atomic mass is 16.5. The van der Waals surface area contributed by atoms with Crippen LogP contribution >= 0.6 is 0 Å². The van der Waals surface area contributed by atoms with Gasteiger partial charge in [-0.3, -0.25) is 14.8 Å². The van der Waals surface area contributed by atoms with Crippen molar-refractivity contribution in [3.8, 4) is 17.2 Å². The molecule has 1 saturated heterocycles. The summed E-state index contributed by atoms with van der Waals surface area (Å²) in [4.78, 5) is 9.02. The molecule has 0 saturated carbocycles. The van der Waals surface area contributed by atoms with E-state index >= 15 is 0 Å². The molecule has 3 rings (SSSR count). The molecule has 0 aliphatic carbocycles. The van der Waals surface area contributed by atoms with E-state index in [4.69, 9.17) is 14.2 Å². The SMILES string of the molecule is COc1ccc(CN2CCN(Cc3ccncc3)CC2)c(OC)c1OC. The van der Waals surface area contributed by atoms with Gasteiger partial charge in [-0.25, -0.2) is 0 Å². The van der Waals surface area contributed by atoms with Gasteiger partial charge in [0.05, 0.1) is 21.3 Å². The van der Waals surface area contributed by atoms with Crippen LogP contribution < -0.4 is 14.2 Å². The fraction of sp³-hybridized carbons (Fsp3) is 0.450. The van der Waals surface area contributed by atoms with Crippen molar-refractivity contribution < 1.29 is 14.2 Å². The van der Waals surface area contributed by atoms with Crippen LogP contribution in [0.15, 0.2) is 36.7 Å². The molecule has 140 valence electrons. The van der Waals surface area contributed by atoms with Crippen LogP contribution in [0, 0.1) is 0 Å². The van der Waals surface area contributed by atoms with Crippen molar-refractivity contribution >= 4 is 0 Å². The van der Waals surface area contributed by atoms with Crippen LogP contribution in [0.3, 0.4) is 0 Å². The van der Waals surface area contributed by atoms with Gasteiger partial charge in [0, 0.05) is 57.2 Å². The van der Waals surface area contributed by atoms with Crippen molar-refractivity contribution in [2.45, 2.75) is 13.1 Å². The summed E-state index contributed by atoms with van der Waals surface area (Å²) in [6.45, 7) is 5.99. The van der Waals surface area contributed by atoms with E-state index in [2.05, 4.69) is 33.0 Å². The Kier molecular flexibility index (Phi) is 6.30. The van der Waals surface area contributed by atoms with Crippen molar-refractivity contribution in [1.82, 2.24) is 14.8 Å². The normalized spacial score (nSPS) is 15.7. The first-order valence-electron chi connectivity index (χ1n) is 8.86. The molecule has 2 heterocycles. The van der Waals surface area contributed by atoms with E-state index in [9.17, 15) is 0 Å². The highest BCUT2D eigenvalue weighted by molar-refractivity contribution is 5.55. The van der Waals surface area contributed by atoms with Crippen molar-refractivity contribution in [1.29, 1.82) is 0 Å². The van der Waals surface area contributed by atoms with E-state index in [1.807, 2.05) is 18.5 Å². The fourth-order valence-electron chi connectivity index (χ4n) is 3.38. The van der Waals surface area contributed by atoms with E-state index in [1.54, 1.807) is 21.3 Å². The van der Waals surface area contributed by atoms with Crippen LogP contribution in [0.5, 0.6) is 17.2 Å². The molecule has 0 amide bonds. The van der Waals surface area contributed by atoms with Crippen LogP contribution in [-0.4, -0.2) is 62.3 Å². The summed E-state index contributed by atoms with van der Waals surface area (Å²) >= 11 is 0. The van der Waals surface area contributed by atoms with Gasteiger partial charge in [-0.05, 0) is 23.8 Å². The number of aromatic nitrogens is 1. The Balaban J connectivity index is 1.61. The molecular weight excluding hydrogens is 330 g/mol. The summed E-state index contributed by atoms with van der Waals surface area (Å²) in [6, 6.07) is 8.17. The Bertz CT molecular complexity index is 701. The first-order chi connectivity index (χ1) is 12.7. The predicted molar refractivity (Wildman–Crippen MR) is 101 cm³/mol. The van der Waals surface area contributed by atoms with Crippen LogP contribution in [0.25, 0.3) is 0 Å². The zero-order valence-corrected chi connectivity index (χ0v) is 15.8. The smallest absolute Gasteiger partial charge is 0.203 e. The average molecular weight is 357 g/mol. The Morgan fingerprint density at radius 2 is 1.38 bits per heavy atom. The number of ether oxygens (including phenoxy) is 3. The molecule has 0 unspecified atom stereocenters. The number of pyridine rings is 1. The maximum atomic E-state index is 5.60. The molecule has 2 aromatic rings. The van der Waals surface area contributed by atoms with E-state index < -0.39 is 0 Å². The van der Waals surface area contributed by atoms with Gasteiger partial charge in [0.1, 0.15) is 0 Å². The van der Waals surface area contributed by atoms with E-state index in [0.717, 1.165) is 50.6 Å². The largest absolute Gasteiger partial charge is 0.493 e. The Labute approximate surface area is 155 Å². The molecule has 0 spiro atoms. The van der Waals surface area contributed by atoms with Crippen molar-refractivity contribution in [3.63, 3.8) is 0 Å². The first-order valence-corrected chi connectivity index (χ1v) is 8.86. The molecule has 0 radical (unpaired) electrons. The number of methoxy groups -OCH3 is 3. The fourth-order valence-corrected chi connectivity index (χ4v) is 3.38. The summed E-state index contributed by atoms with van der Waals surface area (Å²) < 4.78 is 16.5. The minimum Gasteiger partial charge on any atom is -0.493 e. The molecule has 1 aromatic heterocycles. The second-order valence-electron chi connectivity index (χ2n) is 6.40. The average Bonchev–Trinajstić information content (AvgIpc) is 2.69. The number of nitrogens with zero attached hydrogens (tertiary/aromatic N) is 3. The topological polar surface area (TPSA) is 47.1 Å². The van der Waals surface area contributed by atoms with Crippen LogP contribution in [-0.2, 0) is 13.1 Å². The quantitative estimate of drug-likeness (QED) is 0.758. The summed E-state index contributed by atoms with van der Waals surface area (Å²) in [7, 11) is 4.95. The monoisotopic (exact) mass is 357 g/mol. The van der Waals surface area contributed by atoms with Crippen molar-refractivity contribution in [2.75, 3.05) is 47.5 Å². The van der Waals surface area contributed by atoms with Gasteiger partial charge in [-0.1, -0.05) is 6.07 Å². The summed E-state index contributed by atoms with van der Waals surface area (Å²) in [5.41, 5.74) is 2.43. The number of benzene rings is 1. The molecule has 1 fully saturated rings. The zero-order valence-electron chi connectivity index (χ0n) is 15.8. The summed E-state index contributed by atoms with van der Waals surface area (Å²) in [5.74, 6) is 2.10. The lowest BCUT2D eigenvalue weighted by Gasteiger charge is -2.35. The number of piperazine rings is 1. The molecule has 0 atom stereocenters. The number of hydrogen-bond donors (Lipinski definition) is 0. The molecule has 6 nitrogen and oxygen atoms in total. The molecule has 1 aliphatic heterocycles. The van der Waals surface area contributed by atoms with Crippen LogP contribution in [0.1, 0.15) is 11.1 Å². The van der Waals surface area contributed by atoms with Gasteiger partial charge >= 0.3 is 0 Å². The highest BCUT2D eigenvalue weighted by Gasteiger charge is 2.21. The minimum absolute atomic E-state index is 0.656. The minimum atomic E-state index is 0.656. The molecule has 1 aromatic carbocycles. The molecule has 6 heteroatoms. The molecular formula is C20H27N3O3. The van der Waals surface area contributed by atoms with Gasteiger partial charge in [0.15, 0.2) is 11.5 Å². The van der Waals surface area contributed by atoms with Gasteiger partial charge in [-0.2, -0.15) is 0 Å². The Morgan fingerprint density at radius 1 is 0.769 bits per heavy atom. The molecule has 0 bridgehead atoms. The number of rotatable bonds is 7. The molecule has 0 N–H and O–H groups in total. The van der Waals surface area contributed by atoms with Crippen molar-refractivity contribution in [3.05, 3.63) is 47.8 Å². The maximum absolute atomic E-state index is 5.60. The standard InChI is InChI=1S/C20H27N3O3/c1-24-18-5-4-17(19(25-2)20(18)26-3)15-23-12-10-22(11-13-23)14-16-6-8-21-9-7-16/h4-9H,10-15H2,1-3H3. The lowest BCUT2D eigenvalue weighted by atomic mass is 10.1. The maximum Gasteiger partial charge on any atom is 0.203 e. The third-order valence-corrected chi connectivity index (χ3v) is 4.80. The van der Waals surface area contributed by atoms with E-state index in [1.165, 1.54) is 5.56 Å². The van der Waals surface area contributed by atoms with Gasteiger partial charge in [0.25, 0.3) is 0 Å². The van der Waals surface area contributed by atoms with E-state index in [0.29, 0.717) is 11.5 Å². The van der Waals surface area contributed by atoms with E-state index in [-0.39, 0.29) is 0 Å². The van der Waals surface area contributed by atoms with Crippen molar-refractivity contribution in [2.24, 2.45) is 0 Å². The lowest BCUT2D eigenvalue weighted by Crippen LogP contribution is -2.45. The first kappa shape index (κ1) is 18.5. The zero-order chi connectivity index (χ0) is 18.4. The van der Waals surface area contributed by atoms with Crippen LogP contribution in [0.2, 0.25) is 0 Å².